The molecule has 1 atom stereocenters. The van der Waals surface area contributed by atoms with E-state index < -0.39 is 0 Å². The number of carbonyl (C=O) groups is 1. The minimum atomic E-state index is -0.381. The van der Waals surface area contributed by atoms with E-state index in [1.165, 1.54) is 12.8 Å². The van der Waals surface area contributed by atoms with Crippen molar-refractivity contribution in [3.8, 4) is 0 Å². The zero-order valence-electron chi connectivity index (χ0n) is 17.3. The van der Waals surface area contributed by atoms with Crippen molar-refractivity contribution in [2.24, 2.45) is 0 Å². The molecule has 1 unspecified atom stereocenters. The van der Waals surface area contributed by atoms with Gasteiger partial charge in [-0.3, -0.25) is 0 Å². The van der Waals surface area contributed by atoms with Gasteiger partial charge in [0, 0.05) is 6.61 Å². The average Bonchev–Trinajstić information content (AvgIpc) is 2.64. The Bertz CT molecular complexity index is 396. The molecule has 0 aromatic carbocycles. The summed E-state index contributed by atoms with van der Waals surface area (Å²) in [6, 6.07) is 0. The predicted octanol–water partition coefficient (Wildman–Crippen LogP) is 6.54. The fraction of sp³-hybridized carbons (Fsp3) is 0.696. The van der Waals surface area contributed by atoms with Crippen LogP contribution in [0.15, 0.2) is 36.5 Å². The van der Waals surface area contributed by atoms with Gasteiger partial charge in [0.2, 0.25) is 0 Å². The molecule has 3 nitrogen and oxygen atoms in total. The van der Waals surface area contributed by atoms with Gasteiger partial charge in [-0.1, -0.05) is 69.6 Å². The highest BCUT2D eigenvalue weighted by atomic mass is 16.6. The summed E-state index contributed by atoms with van der Waals surface area (Å²) < 4.78 is 10.7. The van der Waals surface area contributed by atoms with Crippen molar-refractivity contribution in [2.45, 2.75) is 91.1 Å². The number of hydrogen-bond donors (Lipinski definition) is 0. The topological polar surface area (TPSA) is 35.5 Å². The summed E-state index contributed by atoms with van der Waals surface area (Å²) in [5, 5.41) is 0. The largest absolute Gasteiger partial charge is 0.464 e. The van der Waals surface area contributed by atoms with Crippen LogP contribution in [0.3, 0.4) is 0 Å². The third-order valence-electron chi connectivity index (χ3n) is 3.94. The van der Waals surface area contributed by atoms with Gasteiger partial charge in [0.05, 0.1) is 6.61 Å². The fourth-order valence-electron chi connectivity index (χ4n) is 2.54. The SMILES string of the molecule is CC/C=C\C/C=C\C/C=C\CCCCCCC(OCCC)C(=O)OCC. The highest BCUT2D eigenvalue weighted by molar-refractivity contribution is 5.74. The van der Waals surface area contributed by atoms with E-state index in [1.54, 1.807) is 0 Å². The number of hydrogen-bond acceptors (Lipinski definition) is 3. The molecule has 0 saturated heterocycles. The average molecular weight is 365 g/mol. The van der Waals surface area contributed by atoms with Crippen LogP contribution in [-0.2, 0) is 14.3 Å². The van der Waals surface area contributed by atoms with Crippen molar-refractivity contribution in [3.05, 3.63) is 36.5 Å². The maximum atomic E-state index is 11.8. The molecular formula is C23H40O3. The van der Waals surface area contributed by atoms with Crippen LogP contribution in [0.5, 0.6) is 0 Å². The smallest absolute Gasteiger partial charge is 0.335 e. The Morgan fingerprint density at radius 1 is 0.846 bits per heavy atom. The molecule has 0 aromatic rings. The summed E-state index contributed by atoms with van der Waals surface area (Å²) >= 11 is 0. The first-order chi connectivity index (χ1) is 12.8. The molecule has 0 amide bonds. The lowest BCUT2D eigenvalue weighted by Crippen LogP contribution is -2.27. The summed E-state index contributed by atoms with van der Waals surface area (Å²) in [7, 11) is 0. The van der Waals surface area contributed by atoms with Gasteiger partial charge in [0.25, 0.3) is 0 Å². The molecule has 150 valence electrons. The zero-order valence-corrected chi connectivity index (χ0v) is 17.3. The van der Waals surface area contributed by atoms with E-state index >= 15 is 0 Å². The summed E-state index contributed by atoms with van der Waals surface area (Å²) in [6.45, 7) is 7.08. The van der Waals surface area contributed by atoms with E-state index in [0.717, 1.165) is 51.4 Å². The first-order valence-electron chi connectivity index (χ1n) is 10.5. The van der Waals surface area contributed by atoms with Gasteiger partial charge in [-0.05, 0) is 51.9 Å². The maximum Gasteiger partial charge on any atom is 0.335 e. The quantitative estimate of drug-likeness (QED) is 0.167. The zero-order chi connectivity index (χ0) is 19.3. The van der Waals surface area contributed by atoms with Crippen molar-refractivity contribution < 1.29 is 14.3 Å². The maximum absolute atomic E-state index is 11.8. The second-order valence-corrected chi connectivity index (χ2v) is 6.40. The van der Waals surface area contributed by atoms with Gasteiger partial charge in [0.15, 0.2) is 6.10 Å². The third kappa shape index (κ3) is 16.1. The number of carbonyl (C=O) groups excluding carboxylic acids is 1. The summed E-state index contributed by atoms with van der Waals surface area (Å²) in [4.78, 5) is 11.8. The van der Waals surface area contributed by atoms with E-state index in [-0.39, 0.29) is 12.1 Å². The Balaban J connectivity index is 3.66. The van der Waals surface area contributed by atoms with Crippen molar-refractivity contribution in [1.29, 1.82) is 0 Å². The summed E-state index contributed by atoms with van der Waals surface area (Å²) in [5.74, 6) is -0.206. The van der Waals surface area contributed by atoms with Crippen molar-refractivity contribution in [3.63, 3.8) is 0 Å². The second kappa shape index (κ2) is 20.0. The molecule has 0 aliphatic heterocycles. The minimum Gasteiger partial charge on any atom is -0.464 e. The molecule has 0 aliphatic rings. The lowest BCUT2D eigenvalue weighted by molar-refractivity contribution is -0.157. The number of rotatable bonds is 17. The van der Waals surface area contributed by atoms with Crippen LogP contribution in [0.25, 0.3) is 0 Å². The second-order valence-electron chi connectivity index (χ2n) is 6.40. The van der Waals surface area contributed by atoms with E-state index in [4.69, 9.17) is 9.47 Å². The lowest BCUT2D eigenvalue weighted by atomic mass is 10.1. The molecule has 0 saturated carbocycles. The molecule has 0 bridgehead atoms. The van der Waals surface area contributed by atoms with Crippen LogP contribution in [0.2, 0.25) is 0 Å². The van der Waals surface area contributed by atoms with Crippen molar-refractivity contribution in [1.82, 2.24) is 0 Å². The lowest BCUT2D eigenvalue weighted by Gasteiger charge is -2.15. The number of ether oxygens (including phenoxy) is 2. The molecule has 0 radical (unpaired) electrons. The third-order valence-corrected chi connectivity index (χ3v) is 3.94. The molecule has 0 aromatic heterocycles. The Labute approximate surface area is 161 Å². The Hall–Kier alpha value is -1.35. The molecule has 0 spiro atoms. The Morgan fingerprint density at radius 3 is 2.15 bits per heavy atom. The number of unbranched alkanes of at least 4 members (excludes halogenated alkanes) is 4. The normalized spacial score (nSPS) is 13.2. The van der Waals surface area contributed by atoms with E-state index in [2.05, 4.69) is 50.3 Å². The summed E-state index contributed by atoms with van der Waals surface area (Å²) in [6.07, 6.45) is 23.6. The van der Waals surface area contributed by atoms with Crippen LogP contribution in [0.1, 0.15) is 85.0 Å². The van der Waals surface area contributed by atoms with Crippen molar-refractivity contribution in [2.75, 3.05) is 13.2 Å². The Kier molecular flexibility index (Phi) is 18.9. The van der Waals surface area contributed by atoms with Gasteiger partial charge in [-0.15, -0.1) is 0 Å². The van der Waals surface area contributed by atoms with Crippen molar-refractivity contribution >= 4 is 5.97 Å². The molecule has 26 heavy (non-hydrogen) atoms. The molecule has 0 aliphatic carbocycles. The standard InChI is InChI=1S/C23H40O3/c1-4-7-8-9-10-11-12-13-14-15-16-17-18-19-20-22(26-21-5-2)23(24)25-6-3/h7-8,10-11,13-14,22H,4-6,9,12,15-21H2,1-3H3/b8-7-,11-10-,14-13-. The predicted molar refractivity (Wildman–Crippen MR) is 111 cm³/mol. The van der Waals surface area contributed by atoms with Crippen LogP contribution >= 0.6 is 0 Å². The fourth-order valence-corrected chi connectivity index (χ4v) is 2.54. The van der Waals surface area contributed by atoms with E-state index in [0.29, 0.717) is 13.2 Å². The van der Waals surface area contributed by atoms with Gasteiger partial charge in [-0.2, -0.15) is 0 Å². The monoisotopic (exact) mass is 364 g/mol. The summed E-state index contributed by atoms with van der Waals surface area (Å²) in [5.41, 5.74) is 0. The van der Waals surface area contributed by atoms with Gasteiger partial charge < -0.3 is 9.47 Å². The molecule has 0 N–H and O–H groups in total. The van der Waals surface area contributed by atoms with Crippen LogP contribution < -0.4 is 0 Å². The molecule has 0 rings (SSSR count). The van der Waals surface area contributed by atoms with E-state index in [9.17, 15) is 4.79 Å². The van der Waals surface area contributed by atoms with Gasteiger partial charge in [-0.25, -0.2) is 4.79 Å². The molecule has 0 fully saturated rings. The first-order valence-corrected chi connectivity index (χ1v) is 10.5. The number of esters is 1. The van der Waals surface area contributed by atoms with Crippen LogP contribution in [0.4, 0.5) is 0 Å². The highest BCUT2D eigenvalue weighted by Gasteiger charge is 2.19. The molecular weight excluding hydrogens is 324 g/mol. The molecule has 0 heterocycles. The van der Waals surface area contributed by atoms with E-state index in [1.807, 2.05) is 6.92 Å². The van der Waals surface area contributed by atoms with Crippen LogP contribution in [-0.4, -0.2) is 25.3 Å². The Morgan fingerprint density at radius 2 is 1.50 bits per heavy atom. The molecule has 3 heteroatoms. The van der Waals surface area contributed by atoms with Crippen LogP contribution in [0, 0.1) is 0 Å². The van der Waals surface area contributed by atoms with Gasteiger partial charge >= 0.3 is 5.97 Å². The minimum absolute atomic E-state index is 0.206. The highest BCUT2D eigenvalue weighted by Crippen LogP contribution is 2.12. The van der Waals surface area contributed by atoms with Gasteiger partial charge in [0.1, 0.15) is 0 Å². The first kappa shape index (κ1) is 24.7. The number of allylic oxidation sites excluding steroid dienone is 6.